The number of nitrogens with one attached hydrogen (secondary N) is 1. The molecular formula is C16H27NO4. The third-order valence-electron chi connectivity index (χ3n) is 2.97. The van der Waals surface area contributed by atoms with Gasteiger partial charge in [0, 0.05) is 38.0 Å². The molecule has 0 heterocycles. The fraction of sp³-hybridized carbons (Fsp3) is 0.625. The fourth-order valence-corrected chi connectivity index (χ4v) is 1.83. The summed E-state index contributed by atoms with van der Waals surface area (Å²) in [4.78, 5) is 0. The van der Waals surface area contributed by atoms with Crippen molar-refractivity contribution in [2.45, 2.75) is 19.8 Å². The van der Waals surface area contributed by atoms with Gasteiger partial charge in [0.1, 0.15) is 23.9 Å². The van der Waals surface area contributed by atoms with E-state index in [2.05, 4.69) is 5.32 Å². The quantitative estimate of drug-likeness (QED) is 0.601. The maximum atomic E-state index is 5.69. The molecule has 5 heteroatoms. The monoisotopic (exact) mass is 297 g/mol. The number of hydrogen-bond acceptors (Lipinski definition) is 5. The van der Waals surface area contributed by atoms with Crippen LogP contribution in [-0.4, -0.2) is 47.1 Å². The first-order valence-electron chi connectivity index (χ1n) is 7.44. The SMILES string of the molecule is CCOCCCCNCCOc1cc(OC)cc(OC)c1. The Hall–Kier alpha value is -1.46. The van der Waals surface area contributed by atoms with Gasteiger partial charge >= 0.3 is 0 Å². The van der Waals surface area contributed by atoms with Crippen molar-refractivity contribution >= 4 is 0 Å². The first kappa shape index (κ1) is 17.6. The van der Waals surface area contributed by atoms with Gasteiger partial charge in [0.15, 0.2) is 0 Å². The molecule has 1 N–H and O–H groups in total. The van der Waals surface area contributed by atoms with Crippen LogP contribution in [0.15, 0.2) is 18.2 Å². The molecular weight excluding hydrogens is 270 g/mol. The Morgan fingerprint density at radius 1 is 0.857 bits per heavy atom. The van der Waals surface area contributed by atoms with Crippen LogP contribution in [0.25, 0.3) is 0 Å². The Kier molecular flexibility index (Phi) is 9.40. The number of methoxy groups -OCH3 is 2. The van der Waals surface area contributed by atoms with Gasteiger partial charge in [-0.05, 0) is 26.3 Å². The summed E-state index contributed by atoms with van der Waals surface area (Å²) in [7, 11) is 3.25. The molecule has 0 radical (unpaired) electrons. The predicted octanol–water partition coefficient (Wildman–Crippen LogP) is 2.49. The van der Waals surface area contributed by atoms with Gasteiger partial charge in [-0.1, -0.05) is 0 Å². The topological polar surface area (TPSA) is 49.0 Å². The third kappa shape index (κ3) is 7.78. The first-order chi connectivity index (χ1) is 10.3. The van der Waals surface area contributed by atoms with Crippen molar-refractivity contribution in [1.29, 1.82) is 0 Å². The second-order valence-corrected chi connectivity index (χ2v) is 4.55. The third-order valence-corrected chi connectivity index (χ3v) is 2.97. The zero-order chi connectivity index (χ0) is 15.3. The van der Waals surface area contributed by atoms with Crippen molar-refractivity contribution in [3.05, 3.63) is 18.2 Å². The molecule has 0 aliphatic rings. The van der Waals surface area contributed by atoms with Crippen LogP contribution in [0.2, 0.25) is 0 Å². The summed E-state index contributed by atoms with van der Waals surface area (Å²) in [5.74, 6) is 2.21. The van der Waals surface area contributed by atoms with E-state index in [0.29, 0.717) is 6.61 Å². The summed E-state index contributed by atoms with van der Waals surface area (Å²) < 4.78 is 21.4. The standard InChI is InChI=1S/C16H27NO4/c1-4-20-9-6-5-7-17-8-10-21-16-12-14(18-2)11-15(13-16)19-3/h11-13,17H,4-10H2,1-3H3. The minimum atomic E-state index is 0.613. The minimum Gasteiger partial charge on any atom is -0.496 e. The van der Waals surface area contributed by atoms with Crippen LogP contribution in [0.4, 0.5) is 0 Å². The molecule has 0 saturated heterocycles. The molecule has 120 valence electrons. The Morgan fingerprint density at radius 3 is 2.14 bits per heavy atom. The van der Waals surface area contributed by atoms with Crippen LogP contribution >= 0.6 is 0 Å². The highest BCUT2D eigenvalue weighted by Crippen LogP contribution is 2.27. The minimum absolute atomic E-state index is 0.613. The van der Waals surface area contributed by atoms with Crippen molar-refractivity contribution in [2.75, 3.05) is 47.1 Å². The number of rotatable bonds is 12. The maximum absolute atomic E-state index is 5.69. The summed E-state index contributed by atoms with van der Waals surface area (Å²) >= 11 is 0. The van der Waals surface area contributed by atoms with E-state index >= 15 is 0 Å². The Labute approximate surface area is 127 Å². The molecule has 0 amide bonds. The van der Waals surface area contributed by atoms with E-state index in [1.165, 1.54) is 0 Å². The van der Waals surface area contributed by atoms with Gasteiger partial charge in [-0.25, -0.2) is 0 Å². The van der Waals surface area contributed by atoms with Crippen molar-refractivity contribution < 1.29 is 18.9 Å². The molecule has 0 bridgehead atoms. The lowest BCUT2D eigenvalue weighted by Crippen LogP contribution is -2.22. The molecule has 0 aromatic heterocycles. The van der Waals surface area contributed by atoms with E-state index < -0.39 is 0 Å². The Bertz CT molecular complexity index is 362. The maximum Gasteiger partial charge on any atom is 0.126 e. The van der Waals surface area contributed by atoms with Crippen molar-refractivity contribution in [2.24, 2.45) is 0 Å². The number of hydrogen-bond donors (Lipinski definition) is 1. The first-order valence-corrected chi connectivity index (χ1v) is 7.44. The molecule has 1 aromatic carbocycles. The van der Waals surface area contributed by atoms with Crippen molar-refractivity contribution in [1.82, 2.24) is 5.32 Å². The molecule has 0 aliphatic carbocycles. The van der Waals surface area contributed by atoms with Crippen LogP contribution in [0.1, 0.15) is 19.8 Å². The number of unbranched alkanes of at least 4 members (excludes halogenated alkanes) is 1. The van der Waals surface area contributed by atoms with Gasteiger partial charge in [0.2, 0.25) is 0 Å². The summed E-state index contributed by atoms with van der Waals surface area (Å²) in [6, 6.07) is 5.53. The number of ether oxygens (including phenoxy) is 4. The Balaban J connectivity index is 2.15. The van der Waals surface area contributed by atoms with E-state index in [-0.39, 0.29) is 0 Å². The molecule has 21 heavy (non-hydrogen) atoms. The van der Waals surface area contributed by atoms with Gasteiger partial charge < -0.3 is 24.3 Å². The normalized spacial score (nSPS) is 10.4. The van der Waals surface area contributed by atoms with Gasteiger partial charge in [-0.3, -0.25) is 0 Å². The van der Waals surface area contributed by atoms with Crippen LogP contribution in [-0.2, 0) is 4.74 Å². The van der Waals surface area contributed by atoms with E-state index in [1.807, 2.05) is 25.1 Å². The zero-order valence-corrected chi connectivity index (χ0v) is 13.3. The molecule has 0 fully saturated rings. The van der Waals surface area contributed by atoms with Gasteiger partial charge in [-0.2, -0.15) is 0 Å². The van der Waals surface area contributed by atoms with Gasteiger partial charge in [0.25, 0.3) is 0 Å². The average molecular weight is 297 g/mol. The molecule has 0 aliphatic heterocycles. The average Bonchev–Trinajstić information content (AvgIpc) is 2.52. The van der Waals surface area contributed by atoms with Crippen molar-refractivity contribution in [3.8, 4) is 17.2 Å². The second kappa shape index (κ2) is 11.2. The summed E-state index contributed by atoms with van der Waals surface area (Å²) in [6.45, 7) is 6.07. The lowest BCUT2D eigenvalue weighted by Gasteiger charge is -2.10. The molecule has 0 spiro atoms. The van der Waals surface area contributed by atoms with Crippen LogP contribution in [0.5, 0.6) is 17.2 Å². The molecule has 1 aromatic rings. The summed E-state index contributed by atoms with van der Waals surface area (Å²) in [5, 5.41) is 3.35. The largest absolute Gasteiger partial charge is 0.496 e. The lowest BCUT2D eigenvalue weighted by atomic mass is 10.3. The predicted molar refractivity (Wildman–Crippen MR) is 83.6 cm³/mol. The van der Waals surface area contributed by atoms with Crippen LogP contribution in [0.3, 0.4) is 0 Å². The fourth-order valence-electron chi connectivity index (χ4n) is 1.83. The van der Waals surface area contributed by atoms with Gasteiger partial charge in [0.05, 0.1) is 14.2 Å². The summed E-state index contributed by atoms with van der Waals surface area (Å²) in [5.41, 5.74) is 0. The molecule has 0 saturated carbocycles. The van der Waals surface area contributed by atoms with Crippen LogP contribution < -0.4 is 19.5 Å². The van der Waals surface area contributed by atoms with E-state index in [4.69, 9.17) is 18.9 Å². The highest BCUT2D eigenvalue weighted by atomic mass is 16.5. The van der Waals surface area contributed by atoms with Crippen LogP contribution in [0, 0.1) is 0 Å². The van der Waals surface area contributed by atoms with Gasteiger partial charge in [-0.15, -0.1) is 0 Å². The lowest BCUT2D eigenvalue weighted by molar-refractivity contribution is 0.143. The summed E-state index contributed by atoms with van der Waals surface area (Å²) in [6.07, 6.45) is 2.21. The smallest absolute Gasteiger partial charge is 0.126 e. The van der Waals surface area contributed by atoms with E-state index in [0.717, 1.165) is 56.4 Å². The Morgan fingerprint density at radius 2 is 1.52 bits per heavy atom. The molecule has 0 atom stereocenters. The van der Waals surface area contributed by atoms with E-state index in [9.17, 15) is 0 Å². The second-order valence-electron chi connectivity index (χ2n) is 4.55. The number of benzene rings is 1. The molecule has 5 nitrogen and oxygen atoms in total. The molecule has 1 rings (SSSR count). The van der Waals surface area contributed by atoms with Crippen molar-refractivity contribution in [3.63, 3.8) is 0 Å². The van der Waals surface area contributed by atoms with E-state index in [1.54, 1.807) is 14.2 Å². The highest BCUT2D eigenvalue weighted by molar-refractivity contribution is 5.41. The zero-order valence-electron chi connectivity index (χ0n) is 13.3. The molecule has 0 unspecified atom stereocenters. The highest BCUT2D eigenvalue weighted by Gasteiger charge is 2.02.